The van der Waals surface area contributed by atoms with Gasteiger partial charge in [0, 0.05) is 17.2 Å². The molecule has 0 bridgehead atoms. The van der Waals surface area contributed by atoms with Crippen LogP contribution in [0.2, 0.25) is 0 Å². The quantitative estimate of drug-likeness (QED) is 0.432. The zero-order valence-electron chi connectivity index (χ0n) is 19.4. The van der Waals surface area contributed by atoms with Gasteiger partial charge in [-0.1, -0.05) is 48.6 Å². The normalized spacial score (nSPS) is 20.5. The van der Waals surface area contributed by atoms with Crippen molar-refractivity contribution in [3.63, 3.8) is 0 Å². The van der Waals surface area contributed by atoms with Gasteiger partial charge >= 0.3 is 0 Å². The second kappa shape index (κ2) is 8.78. The number of anilines is 2. The lowest BCUT2D eigenvalue weighted by Crippen LogP contribution is -2.31. The van der Waals surface area contributed by atoms with Crippen LogP contribution < -0.4 is 15.4 Å². The highest BCUT2D eigenvalue weighted by molar-refractivity contribution is 6.08. The Kier molecular flexibility index (Phi) is 5.67. The summed E-state index contributed by atoms with van der Waals surface area (Å²) in [6.07, 6.45) is 5.57. The average molecular weight is 439 g/mol. The van der Waals surface area contributed by atoms with Crippen molar-refractivity contribution in [3.8, 4) is 5.75 Å². The van der Waals surface area contributed by atoms with Gasteiger partial charge in [0.25, 0.3) is 5.91 Å². The first-order chi connectivity index (χ1) is 16.1. The van der Waals surface area contributed by atoms with Crippen LogP contribution in [0.4, 0.5) is 11.4 Å². The minimum atomic E-state index is -0.0973. The zero-order valence-corrected chi connectivity index (χ0v) is 19.4. The van der Waals surface area contributed by atoms with Crippen molar-refractivity contribution in [2.75, 3.05) is 17.2 Å². The molecule has 3 unspecified atom stereocenters. The molecule has 33 heavy (non-hydrogen) atoms. The Labute approximate surface area is 195 Å². The number of nitrogens with one attached hydrogen (secondary N) is 2. The van der Waals surface area contributed by atoms with Gasteiger partial charge in [-0.05, 0) is 74.1 Å². The highest BCUT2D eigenvalue weighted by Gasteiger charge is 2.40. The highest BCUT2D eigenvalue weighted by Crippen LogP contribution is 2.52. The Bertz CT molecular complexity index is 1230. The van der Waals surface area contributed by atoms with Crippen molar-refractivity contribution >= 4 is 17.3 Å². The van der Waals surface area contributed by atoms with Gasteiger partial charge in [-0.3, -0.25) is 4.79 Å². The number of amides is 1. The van der Waals surface area contributed by atoms with Crippen LogP contribution in [-0.2, 0) is 0 Å². The van der Waals surface area contributed by atoms with Crippen LogP contribution in [0.5, 0.6) is 5.75 Å². The molecule has 168 valence electrons. The minimum Gasteiger partial charge on any atom is -0.494 e. The number of hydrogen-bond acceptors (Lipinski definition) is 3. The van der Waals surface area contributed by atoms with Gasteiger partial charge < -0.3 is 15.4 Å². The fourth-order valence-corrected chi connectivity index (χ4v) is 5.16. The summed E-state index contributed by atoms with van der Waals surface area (Å²) >= 11 is 0. The third-order valence-corrected chi connectivity index (χ3v) is 6.96. The number of carbonyl (C=O) groups is 1. The lowest BCUT2D eigenvalue weighted by molar-refractivity contribution is 0.102. The fourth-order valence-electron chi connectivity index (χ4n) is 5.16. The van der Waals surface area contributed by atoms with E-state index in [-0.39, 0.29) is 17.9 Å². The van der Waals surface area contributed by atoms with E-state index in [2.05, 4.69) is 54.8 Å². The van der Waals surface area contributed by atoms with Crippen LogP contribution in [0.1, 0.15) is 57.9 Å². The lowest BCUT2D eigenvalue weighted by Gasteiger charge is -2.38. The molecule has 1 aliphatic heterocycles. The van der Waals surface area contributed by atoms with Crippen molar-refractivity contribution in [1.82, 2.24) is 0 Å². The van der Waals surface area contributed by atoms with Crippen molar-refractivity contribution in [3.05, 3.63) is 101 Å². The Morgan fingerprint density at radius 1 is 1.03 bits per heavy atom. The molecular weight excluding hydrogens is 408 g/mol. The molecule has 0 spiro atoms. The minimum absolute atomic E-state index is 0.0656. The van der Waals surface area contributed by atoms with E-state index in [9.17, 15) is 4.79 Å². The summed E-state index contributed by atoms with van der Waals surface area (Å²) < 4.78 is 5.96. The molecule has 0 fully saturated rings. The molecule has 3 aromatic rings. The number of carbonyl (C=O) groups excluding carboxylic acids is 1. The maximum absolute atomic E-state index is 13.4. The SMILES string of the molecule is CCOc1ccccc1C1Nc2c(C(=O)Nc3ccc(C)c(C)c3)cccc2C2C=CCC21. The molecule has 1 aliphatic carbocycles. The van der Waals surface area contributed by atoms with E-state index < -0.39 is 0 Å². The van der Waals surface area contributed by atoms with E-state index in [0.717, 1.165) is 34.7 Å². The lowest BCUT2D eigenvalue weighted by atomic mass is 9.76. The van der Waals surface area contributed by atoms with Crippen molar-refractivity contribution < 1.29 is 9.53 Å². The van der Waals surface area contributed by atoms with E-state index in [4.69, 9.17) is 4.74 Å². The Hall–Kier alpha value is -3.53. The summed E-state index contributed by atoms with van der Waals surface area (Å²) in [4.78, 5) is 13.4. The third kappa shape index (κ3) is 3.91. The molecule has 5 rings (SSSR count). The summed E-state index contributed by atoms with van der Waals surface area (Å²) in [5.74, 6) is 1.47. The smallest absolute Gasteiger partial charge is 0.257 e. The molecule has 4 nitrogen and oxygen atoms in total. The number of rotatable bonds is 5. The van der Waals surface area contributed by atoms with Crippen LogP contribution in [0.15, 0.2) is 72.8 Å². The van der Waals surface area contributed by atoms with Gasteiger partial charge in [0.1, 0.15) is 5.75 Å². The second-order valence-electron chi connectivity index (χ2n) is 8.97. The second-order valence-corrected chi connectivity index (χ2v) is 8.97. The Balaban J connectivity index is 1.53. The standard InChI is InChI=1S/C29H30N2O2/c1-4-33-26-14-6-5-9-24(26)27-22-11-7-10-21(22)23-12-8-13-25(28(23)31-27)29(32)30-20-16-15-18(2)19(3)17-20/h5-10,12-17,21-22,27,31H,4,11H2,1-3H3,(H,30,32). The molecule has 0 saturated heterocycles. The molecule has 2 N–H and O–H groups in total. The summed E-state index contributed by atoms with van der Waals surface area (Å²) in [5.41, 5.74) is 7.11. The van der Waals surface area contributed by atoms with Gasteiger partial charge in [0.05, 0.1) is 23.9 Å². The Morgan fingerprint density at radius 2 is 1.85 bits per heavy atom. The number of fused-ring (bicyclic) bond motifs is 3. The molecule has 1 amide bonds. The van der Waals surface area contributed by atoms with Crippen LogP contribution in [0, 0.1) is 19.8 Å². The first kappa shape index (κ1) is 21.3. The first-order valence-electron chi connectivity index (χ1n) is 11.7. The largest absolute Gasteiger partial charge is 0.494 e. The fraction of sp³-hybridized carbons (Fsp3) is 0.276. The highest BCUT2D eigenvalue weighted by atomic mass is 16.5. The predicted molar refractivity (Wildman–Crippen MR) is 134 cm³/mol. The van der Waals surface area contributed by atoms with Crippen LogP contribution >= 0.6 is 0 Å². The third-order valence-electron chi connectivity index (χ3n) is 6.96. The van der Waals surface area contributed by atoms with Gasteiger partial charge in [0.2, 0.25) is 0 Å². The molecule has 3 aromatic carbocycles. The summed E-state index contributed by atoms with van der Waals surface area (Å²) in [7, 11) is 0. The molecular formula is C29H30N2O2. The monoisotopic (exact) mass is 438 g/mol. The Morgan fingerprint density at radius 3 is 2.67 bits per heavy atom. The number of hydrogen-bond donors (Lipinski definition) is 2. The molecule has 0 saturated carbocycles. The number of ether oxygens (including phenoxy) is 1. The topological polar surface area (TPSA) is 50.4 Å². The molecule has 0 radical (unpaired) electrons. The van der Waals surface area contributed by atoms with Gasteiger partial charge in [-0.25, -0.2) is 0 Å². The van der Waals surface area contributed by atoms with E-state index >= 15 is 0 Å². The maximum Gasteiger partial charge on any atom is 0.257 e. The summed E-state index contributed by atoms with van der Waals surface area (Å²) in [5, 5.41) is 6.86. The van der Waals surface area contributed by atoms with Crippen LogP contribution in [0.25, 0.3) is 0 Å². The predicted octanol–water partition coefficient (Wildman–Crippen LogP) is 6.78. The van der Waals surface area contributed by atoms with Gasteiger partial charge in [0.15, 0.2) is 0 Å². The van der Waals surface area contributed by atoms with Crippen LogP contribution in [-0.4, -0.2) is 12.5 Å². The van der Waals surface area contributed by atoms with Crippen molar-refractivity contribution in [2.24, 2.45) is 5.92 Å². The van der Waals surface area contributed by atoms with Crippen LogP contribution in [0.3, 0.4) is 0 Å². The van der Waals surface area contributed by atoms with E-state index in [1.165, 1.54) is 11.1 Å². The number of allylic oxidation sites excluding steroid dienone is 2. The zero-order chi connectivity index (χ0) is 22.9. The molecule has 0 aromatic heterocycles. The number of para-hydroxylation sites is 2. The molecule has 2 aliphatic rings. The number of benzene rings is 3. The van der Waals surface area contributed by atoms with E-state index in [1.807, 2.05) is 49.4 Å². The van der Waals surface area contributed by atoms with Crippen molar-refractivity contribution in [2.45, 2.75) is 39.2 Å². The van der Waals surface area contributed by atoms with Gasteiger partial charge in [-0.15, -0.1) is 0 Å². The summed E-state index contributed by atoms with van der Waals surface area (Å²) in [6.45, 7) is 6.76. The molecule has 3 atom stereocenters. The average Bonchev–Trinajstić information content (AvgIpc) is 3.32. The molecule has 1 heterocycles. The maximum atomic E-state index is 13.4. The number of aryl methyl sites for hydroxylation is 2. The molecule has 4 heteroatoms. The van der Waals surface area contributed by atoms with E-state index in [1.54, 1.807) is 0 Å². The van der Waals surface area contributed by atoms with E-state index in [0.29, 0.717) is 18.1 Å². The summed E-state index contributed by atoms with van der Waals surface area (Å²) in [6, 6.07) is 20.4. The van der Waals surface area contributed by atoms with Crippen molar-refractivity contribution in [1.29, 1.82) is 0 Å². The van der Waals surface area contributed by atoms with Gasteiger partial charge in [-0.2, -0.15) is 0 Å². The first-order valence-corrected chi connectivity index (χ1v) is 11.7.